The molecule has 3 rings (SSSR count). The quantitative estimate of drug-likeness (QED) is 0.537. The first-order chi connectivity index (χ1) is 6.27. The summed E-state index contributed by atoms with van der Waals surface area (Å²) in [6, 6.07) is 0. The highest BCUT2D eigenvalue weighted by molar-refractivity contribution is 7.37. The molecule has 0 aliphatic carbocycles. The second-order valence-corrected chi connectivity index (χ2v) is 5.37. The lowest BCUT2D eigenvalue weighted by Crippen LogP contribution is -1.57. The van der Waals surface area contributed by atoms with Gasteiger partial charge in [-0.1, -0.05) is 0 Å². The van der Waals surface area contributed by atoms with Crippen LogP contribution in [0.2, 0.25) is 0 Å². The molecule has 3 aromatic heterocycles. The highest BCUT2D eigenvalue weighted by Gasteiger charge is 2.15. The summed E-state index contributed by atoms with van der Waals surface area (Å²) in [4.78, 5) is 0. The van der Waals surface area contributed by atoms with Crippen LogP contribution in [0.5, 0.6) is 0 Å². The van der Waals surface area contributed by atoms with Gasteiger partial charge in [0, 0.05) is 10.8 Å². The molecule has 0 unspecified atom stereocenters. The minimum Gasteiger partial charge on any atom is -0.204 e. The standard InChI is InChI=1S/C8H2F2S3/c9-3-1-11-7-5(3)13-6-4(10)2-12-8(6)7/h1-2H. The highest BCUT2D eigenvalue weighted by Crippen LogP contribution is 2.43. The summed E-state index contributed by atoms with van der Waals surface area (Å²) in [6.45, 7) is 0. The minimum absolute atomic E-state index is 0.229. The van der Waals surface area contributed by atoms with E-state index in [0.29, 0.717) is 9.40 Å². The molecular formula is C8H2F2S3. The summed E-state index contributed by atoms with van der Waals surface area (Å²) in [7, 11) is 0. The molecule has 0 radical (unpaired) electrons. The molecule has 66 valence electrons. The van der Waals surface area contributed by atoms with Crippen LogP contribution in [0.15, 0.2) is 10.8 Å². The summed E-state index contributed by atoms with van der Waals surface area (Å²) in [5.41, 5.74) is 0. The second kappa shape index (κ2) is 2.50. The van der Waals surface area contributed by atoms with Gasteiger partial charge in [0.2, 0.25) is 0 Å². The molecule has 5 heteroatoms. The van der Waals surface area contributed by atoms with E-state index in [1.165, 1.54) is 44.8 Å². The van der Waals surface area contributed by atoms with E-state index in [1.54, 1.807) is 0 Å². The zero-order chi connectivity index (χ0) is 9.00. The van der Waals surface area contributed by atoms with E-state index in [9.17, 15) is 8.78 Å². The first kappa shape index (κ1) is 7.84. The van der Waals surface area contributed by atoms with Crippen molar-refractivity contribution in [2.75, 3.05) is 0 Å². The third-order valence-electron chi connectivity index (χ3n) is 1.82. The molecule has 0 aliphatic rings. The first-order valence-electron chi connectivity index (χ1n) is 3.49. The van der Waals surface area contributed by atoms with Crippen LogP contribution in [0.4, 0.5) is 8.78 Å². The Morgan fingerprint density at radius 3 is 1.69 bits per heavy atom. The molecule has 3 heterocycles. The van der Waals surface area contributed by atoms with Crippen LogP contribution >= 0.6 is 34.0 Å². The van der Waals surface area contributed by atoms with E-state index in [1.807, 2.05) is 0 Å². The number of thiophene rings is 3. The maximum absolute atomic E-state index is 13.1. The first-order valence-corrected chi connectivity index (χ1v) is 6.07. The van der Waals surface area contributed by atoms with E-state index in [0.717, 1.165) is 9.40 Å². The Kier molecular flexibility index (Phi) is 1.51. The van der Waals surface area contributed by atoms with E-state index in [2.05, 4.69) is 0 Å². The largest absolute Gasteiger partial charge is 0.204 e. The number of halogens is 2. The van der Waals surface area contributed by atoms with Gasteiger partial charge >= 0.3 is 0 Å². The van der Waals surface area contributed by atoms with Crippen molar-refractivity contribution in [2.24, 2.45) is 0 Å². The number of hydrogen-bond acceptors (Lipinski definition) is 3. The molecule has 13 heavy (non-hydrogen) atoms. The molecule has 0 nitrogen and oxygen atoms in total. The van der Waals surface area contributed by atoms with Crippen LogP contribution in [0.1, 0.15) is 0 Å². The van der Waals surface area contributed by atoms with Crippen molar-refractivity contribution in [1.29, 1.82) is 0 Å². The van der Waals surface area contributed by atoms with Gasteiger partial charge in [0.1, 0.15) is 0 Å². The molecule has 0 fully saturated rings. The van der Waals surface area contributed by atoms with E-state index >= 15 is 0 Å². The summed E-state index contributed by atoms with van der Waals surface area (Å²) in [6.07, 6.45) is 0. The number of hydrogen-bond donors (Lipinski definition) is 0. The molecule has 0 N–H and O–H groups in total. The van der Waals surface area contributed by atoms with Gasteiger partial charge in [-0.3, -0.25) is 0 Å². The number of rotatable bonds is 0. The Bertz CT molecular complexity index is 536. The van der Waals surface area contributed by atoms with Gasteiger partial charge in [-0.2, -0.15) is 0 Å². The summed E-state index contributed by atoms with van der Waals surface area (Å²) in [5, 5.41) is 2.94. The molecule has 0 amide bonds. The van der Waals surface area contributed by atoms with Crippen LogP contribution in [0.3, 0.4) is 0 Å². The van der Waals surface area contributed by atoms with Crippen molar-refractivity contribution >= 4 is 52.8 Å². The molecule has 0 atom stereocenters. The van der Waals surface area contributed by atoms with Crippen LogP contribution in [-0.4, -0.2) is 0 Å². The maximum atomic E-state index is 13.1. The van der Waals surface area contributed by atoms with Crippen molar-refractivity contribution < 1.29 is 8.78 Å². The Morgan fingerprint density at radius 2 is 1.23 bits per heavy atom. The van der Waals surface area contributed by atoms with Crippen LogP contribution in [0, 0.1) is 11.6 Å². The van der Waals surface area contributed by atoms with Crippen molar-refractivity contribution in [3.63, 3.8) is 0 Å². The smallest absolute Gasteiger partial charge is 0.151 e. The monoisotopic (exact) mass is 232 g/mol. The fraction of sp³-hybridized carbons (Fsp3) is 0. The Hall–Kier alpha value is -0.520. The van der Waals surface area contributed by atoms with Crippen LogP contribution in [0.25, 0.3) is 18.8 Å². The predicted octanol–water partition coefficient (Wildman–Crippen LogP) is 4.46. The number of fused-ring (bicyclic) bond motifs is 3. The second-order valence-electron chi connectivity index (χ2n) is 2.59. The average molecular weight is 232 g/mol. The fourth-order valence-corrected chi connectivity index (χ4v) is 4.78. The topological polar surface area (TPSA) is 0 Å². The molecule has 0 aromatic carbocycles. The third kappa shape index (κ3) is 0.920. The zero-order valence-corrected chi connectivity index (χ0v) is 8.58. The Labute approximate surface area is 84.0 Å². The summed E-state index contributed by atoms with van der Waals surface area (Å²) < 4.78 is 29.1. The molecule has 0 spiro atoms. The minimum atomic E-state index is -0.229. The maximum Gasteiger partial charge on any atom is 0.151 e. The van der Waals surface area contributed by atoms with Gasteiger partial charge < -0.3 is 0 Å². The molecular weight excluding hydrogens is 230 g/mol. The van der Waals surface area contributed by atoms with Crippen LogP contribution < -0.4 is 0 Å². The predicted molar refractivity (Wildman–Crippen MR) is 55.0 cm³/mol. The molecule has 0 saturated heterocycles. The van der Waals surface area contributed by atoms with Gasteiger partial charge in [-0.25, -0.2) is 8.78 Å². The van der Waals surface area contributed by atoms with Gasteiger partial charge in [0.15, 0.2) is 11.6 Å². The highest BCUT2D eigenvalue weighted by atomic mass is 32.1. The fourth-order valence-electron chi connectivity index (χ4n) is 1.26. The summed E-state index contributed by atoms with van der Waals surface area (Å²) in [5.74, 6) is -0.458. The molecule has 0 aliphatic heterocycles. The average Bonchev–Trinajstić information content (AvgIpc) is 2.70. The van der Waals surface area contributed by atoms with Gasteiger partial charge in [-0.15, -0.1) is 34.0 Å². The van der Waals surface area contributed by atoms with E-state index in [-0.39, 0.29) is 11.6 Å². The lowest BCUT2D eigenvalue weighted by Gasteiger charge is -1.75. The van der Waals surface area contributed by atoms with Gasteiger partial charge in [-0.05, 0) is 0 Å². The van der Waals surface area contributed by atoms with E-state index < -0.39 is 0 Å². The van der Waals surface area contributed by atoms with Crippen LogP contribution in [-0.2, 0) is 0 Å². The Morgan fingerprint density at radius 1 is 0.769 bits per heavy atom. The SMILES string of the molecule is Fc1csc2c1sc1c(F)csc12. The lowest BCUT2D eigenvalue weighted by molar-refractivity contribution is 0.645. The van der Waals surface area contributed by atoms with Crippen molar-refractivity contribution in [3.05, 3.63) is 22.4 Å². The van der Waals surface area contributed by atoms with Crippen molar-refractivity contribution in [2.45, 2.75) is 0 Å². The zero-order valence-electron chi connectivity index (χ0n) is 6.14. The normalized spacial score (nSPS) is 11.8. The third-order valence-corrected chi connectivity index (χ3v) is 5.35. The molecule has 3 aromatic rings. The Balaban J connectivity index is 2.64. The van der Waals surface area contributed by atoms with Gasteiger partial charge in [0.25, 0.3) is 0 Å². The van der Waals surface area contributed by atoms with Crippen molar-refractivity contribution in [1.82, 2.24) is 0 Å². The van der Waals surface area contributed by atoms with E-state index in [4.69, 9.17) is 0 Å². The van der Waals surface area contributed by atoms with Gasteiger partial charge in [0.05, 0.1) is 18.8 Å². The lowest BCUT2D eigenvalue weighted by atomic mass is 10.4. The molecule has 0 bridgehead atoms. The molecule has 0 saturated carbocycles. The van der Waals surface area contributed by atoms with Crippen molar-refractivity contribution in [3.8, 4) is 0 Å². The summed E-state index contributed by atoms with van der Waals surface area (Å²) >= 11 is 3.88.